The molecule has 3 aromatic rings. The smallest absolute Gasteiger partial charge is 0.330 e. The second kappa shape index (κ2) is 11.7. The molecule has 0 aliphatic heterocycles. The minimum atomic E-state index is -4.34. The van der Waals surface area contributed by atoms with Crippen LogP contribution in [-0.4, -0.2) is 40.6 Å². The summed E-state index contributed by atoms with van der Waals surface area (Å²) in [6.07, 6.45) is 0.130. The first-order valence-electron chi connectivity index (χ1n) is 10.8. The fourth-order valence-corrected chi connectivity index (χ4v) is 4.15. The standard InChI is InChI=1S/C25H25N5O5S/c1-30(21-11-13-22(35-2)14-12-21)24(31)23(16-18-7-4-3-5-8-18)27-25(32)29-36(33,34)28-20-10-6-9-19(15-20)17-26/h3-15,23,28H,16H2,1-2H3,(H2,27,29,32)/t23-/m0/s1. The van der Waals surface area contributed by atoms with Crippen LogP contribution in [0.5, 0.6) is 5.75 Å². The summed E-state index contributed by atoms with van der Waals surface area (Å²) in [5, 5.41) is 11.4. The molecule has 1 atom stereocenters. The number of hydrogen-bond acceptors (Lipinski definition) is 6. The summed E-state index contributed by atoms with van der Waals surface area (Å²) in [5.41, 5.74) is 1.68. The number of nitrogens with one attached hydrogen (secondary N) is 3. The number of carbonyl (C=O) groups excluding carboxylic acids is 2. The van der Waals surface area contributed by atoms with Gasteiger partial charge in [-0.2, -0.15) is 13.7 Å². The number of amides is 3. The van der Waals surface area contributed by atoms with Crippen molar-refractivity contribution >= 4 is 33.5 Å². The molecule has 0 aliphatic rings. The number of hydrogen-bond donors (Lipinski definition) is 3. The molecule has 186 valence electrons. The number of nitriles is 1. The van der Waals surface area contributed by atoms with Crippen molar-refractivity contribution in [1.82, 2.24) is 10.0 Å². The SMILES string of the molecule is COc1ccc(N(C)C(=O)[C@H](Cc2ccccc2)NC(=O)NS(=O)(=O)Nc2cccc(C#N)c2)cc1. The number of urea groups is 1. The van der Waals surface area contributed by atoms with Crippen LogP contribution in [0.25, 0.3) is 0 Å². The Morgan fingerprint density at radius 3 is 2.36 bits per heavy atom. The summed E-state index contributed by atoms with van der Waals surface area (Å²) < 4.78 is 34.1. The maximum absolute atomic E-state index is 13.3. The number of ether oxygens (including phenoxy) is 1. The first-order valence-corrected chi connectivity index (χ1v) is 12.3. The second-order valence-corrected chi connectivity index (χ2v) is 9.13. The summed E-state index contributed by atoms with van der Waals surface area (Å²) in [6, 6.07) is 21.3. The monoisotopic (exact) mass is 507 g/mol. The van der Waals surface area contributed by atoms with E-state index in [2.05, 4.69) is 10.0 Å². The first-order chi connectivity index (χ1) is 17.2. The van der Waals surface area contributed by atoms with Crippen LogP contribution in [-0.2, 0) is 21.4 Å². The van der Waals surface area contributed by atoms with Gasteiger partial charge in [0.1, 0.15) is 11.8 Å². The van der Waals surface area contributed by atoms with Crippen molar-refractivity contribution < 1.29 is 22.7 Å². The molecule has 11 heteroatoms. The molecule has 0 heterocycles. The van der Waals surface area contributed by atoms with Crippen LogP contribution in [0.15, 0.2) is 78.9 Å². The quantitative estimate of drug-likeness (QED) is 0.407. The van der Waals surface area contributed by atoms with Crippen LogP contribution in [0.1, 0.15) is 11.1 Å². The highest BCUT2D eigenvalue weighted by molar-refractivity contribution is 7.91. The molecular weight excluding hydrogens is 482 g/mol. The third kappa shape index (κ3) is 7.22. The molecule has 0 radical (unpaired) electrons. The van der Waals surface area contributed by atoms with Gasteiger partial charge in [-0.15, -0.1) is 0 Å². The van der Waals surface area contributed by atoms with Crippen molar-refractivity contribution in [2.45, 2.75) is 12.5 Å². The van der Waals surface area contributed by atoms with E-state index in [0.29, 0.717) is 11.4 Å². The van der Waals surface area contributed by atoms with Crippen LogP contribution < -0.4 is 24.4 Å². The van der Waals surface area contributed by atoms with Crippen LogP contribution in [0.3, 0.4) is 0 Å². The summed E-state index contributed by atoms with van der Waals surface area (Å²) in [5.74, 6) is 0.169. The molecule has 0 fully saturated rings. The van der Waals surface area contributed by atoms with Gasteiger partial charge in [-0.3, -0.25) is 9.52 Å². The number of likely N-dealkylation sites (N-methyl/N-ethyl adjacent to an activating group) is 1. The van der Waals surface area contributed by atoms with Gasteiger partial charge < -0.3 is 15.0 Å². The molecule has 0 bridgehead atoms. The molecule has 0 saturated carbocycles. The highest BCUT2D eigenvalue weighted by Gasteiger charge is 2.27. The lowest BCUT2D eigenvalue weighted by Gasteiger charge is -2.25. The Morgan fingerprint density at radius 1 is 1.03 bits per heavy atom. The largest absolute Gasteiger partial charge is 0.497 e. The molecule has 3 aromatic carbocycles. The van der Waals surface area contributed by atoms with E-state index in [1.807, 2.05) is 16.9 Å². The average molecular weight is 508 g/mol. The van der Waals surface area contributed by atoms with Gasteiger partial charge in [-0.25, -0.2) is 9.52 Å². The summed E-state index contributed by atoms with van der Waals surface area (Å²) in [4.78, 5) is 27.3. The average Bonchev–Trinajstić information content (AvgIpc) is 2.87. The lowest BCUT2D eigenvalue weighted by molar-refractivity contribution is -0.120. The van der Waals surface area contributed by atoms with Crippen molar-refractivity contribution in [3.05, 3.63) is 90.0 Å². The molecular formula is C25H25N5O5S. The van der Waals surface area contributed by atoms with Gasteiger partial charge in [-0.05, 0) is 48.0 Å². The van der Waals surface area contributed by atoms with E-state index in [1.54, 1.807) is 55.6 Å². The van der Waals surface area contributed by atoms with Gasteiger partial charge in [0, 0.05) is 19.2 Å². The van der Waals surface area contributed by atoms with Crippen molar-refractivity contribution in [2.24, 2.45) is 0 Å². The number of anilines is 2. The Morgan fingerprint density at radius 2 is 1.72 bits per heavy atom. The zero-order valence-corrected chi connectivity index (χ0v) is 20.5. The number of nitrogens with zero attached hydrogens (tertiary/aromatic N) is 2. The Kier molecular flexibility index (Phi) is 8.48. The first kappa shape index (κ1) is 26.1. The Balaban J connectivity index is 1.75. The van der Waals surface area contributed by atoms with E-state index in [-0.39, 0.29) is 17.7 Å². The molecule has 0 aliphatic carbocycles. The van der Waals surface area contributed by atoms with E-state index in [1.165, 1.54) is 36.3 Å². The highest BCUT2D eigenvalue weighted by Crippen LogP contribution is 2.19. The van der Waals surface area contributed by atoms with Crippen LogP contribution in [0.4, 0.5) is 16.2 Å². The molecule has 36 heavy (non-hydrogen) atoms. The topological polar surface area (TPSA) is 141 Å². The van der Waals surface area contributed by atoms with Crippen LogP contribution in [0, 0.1) is 11.3 Å². The summed E-state index contributed by atoms with van der Waals surface area (Å²) in [7, 11) is -1.25. The molecule has 3 amide bonds. The molecule has 3 N–H and O–H groups in total. The maximum atomic E-state index is 13.3. The van der Waals surface area contributed by atoms with Crippen LogP contribution >= 0.6 is 0 Å². The van der Waals surface area contributed by atoms with Crippen molar-refractivity contribution in [3.63, 3.8) is 0 Å². The fraction of sp³-hybridized carbons (Fsp3) is 0.160. The lowest BCUT2D eigenvalue weighted by atomic mass is 10.0. The molecule has 0 aromatic heterocycles. The fourth-order valence-electron chi connectivity index (χ4n) is 3.36. The van der Waals surface area contributed by atoms with Gasteiger partial charge in [0.2, 0.25) is 5.91 Å². The second-order valence-electron chi connectivity index (χ2n) is 7.71. The van der Waals surface area contributed by atoms with Crippen molar-refractivity contribution in [1.29, 1.82) is 5.26 Å². The maximum Gasteiger partial charge on any atom is 0.330 e. The molecule has 10 nitrogen and oxygen atoms in total. The number of carbonyl (C=O) groups is 2. The normalized spacial score (nSPS) is 11.5. The Hall–Kier alpha value is -4.56. The highest BCUT2D eigenvalue weighted by atomic mass is 32.2. The predicted octanol–water partition coefficient (Wildman–Crippen LogP) is 2.80. The summed E-state index contributed by atoms with van der Waals surface area (Å²) >= 11 is 0. The molecule has 0 unspecified atom stereocenters. The Bertz CT molecular complexity index is 1360. The number of rotatable bonds is 9. The van der Waals surface area contributed by atoms with E-state index < -0.39 is 28.2 Å². The van der Waals surface area contributed by atoms with E-state index in [0.717, 1.165) is 5.56 Å². The van der Waals surface area contributed by atoms with Gasteiger partial charge in [0.05, 0.1) is 24.4 Å². The van der Waals surface area contributed by atoms with E-state index in [4.69, 9.17) is 10.00 Å². The lowest BCUT2D eigenvalue weighted by Crippen LogP contribution is -2.53. The summed E-state index contributed by atoms with van der Waals surface area (Å²) in [6.45, 7) is 0. The number of methoxy groups -OCH3 is 1. The number of benzene rings is 3. The Labute approximate surface area is 209 Å². The zero-order chi connectivity index (χ0) is 26.1. The van der Waals surface area contributed by atoms with Crippen molar-refractivity contribution in [3.8, 4) is 11.8 Å². The van der Waals surface area contributed by atoms with E-state index >= 15 is 0 Å². The third-order valence-electron chi connectivity index (χ3n) is 5.15. The van der Waals surface area contributed by atoms with Crippen molar-refractivity contribution in [2.75, 3.05) is 23.8 Å². The van der Waals surface area contributed by atoms with Gasteiger partial charge >= 0.3 is 16.2 Å². The van der Waals surface area contributed by atoms with Gasteiger partial charge in [0.15, 0.2) is 0 Å². The predicted molar refractivity (Wildman–Crippen MR) is 136 cm³/mol. The van der Waals surface area contributed by atoms with Crippen LogP contribution in [0.2, 0.25) is 0 Å². The minimum absolute atomic E-state index is 0.102. The van der Waals surface area contributed by atoms with Gasteiger partial charge in [-0.1, -0.05) is 36.4 Å². The molecule has 3 rings (SSSR count). The molecule has 0 spiro atoms. The molecule has 0 saturated heterocycles. The van der Waals surface area contributed by atoms with E-state index in [9.17, 15) is 18.0 Å². The zero-order valence-electron chi connectivity index (χ0n) is 19.6. The minimum Gasteiger partial charge on any atom is -0.497 e. The van der Waals surface area contributed by atoms with Gasteiger partial charge in [0.25, 0.3) is 0 Å². The third-order valence-corrected chi connectivity index (χ3v) is 6.11.